The Kier molecular flexibility index (Phi) is 5.12. The van der Waals surface area contributed by atoms with E-state index in [1.54, 1.807) is 0 Å². The Bertz CT molecular complexity index is 406. The zero-order chi connectivity index (χ0) is 14.6. The molecule has 2 heterocycles. The van der Waals surface area contributed by atoms with Crippen molar-refractivity contribution in [3.8, 4) is 0 Å². The number of aromatic nitrogens is 3. The third kappa shape index (κ3) is 2.47. The van der Waals surface area contributed by atoms with Gasteiger partial charge in [-0.3, -0.25) is 10.7 Å². The van der Waals surface area contributed by atoms with Crippen molar-refractivity contribution in [2.24, 2.45) is 5.84 Å². The van der Waals surface area contributed by atoms with Crippen molar-refractivity contribution >= 4 is 0 Å². The molecule has 6 heteroatoms. The van der Waals surface area contributed by atoms with Gasteiger partial charge in [0.15, 0.2) is 0 Å². The molecule has 1 aromatic rings. The number of aryl methyl sites for hydroxylation is 1. The van der Waals surface area contributed by atoms with Crippen molar-refractivity contribution in [1.29, 1.82) is 0 Å². The Morgan fingerprint density at radius 3 is 2.45 bits per heavy atom. The molecule has 0 spiro atoms. The van der Waals surface area contributed by atoms with Crippen LogP contribution in [0.5, 0.6) is 0 Å². The number of hydrogen-bond donors (Lipinski definition) is 2. The van der Waals surface area contributed by atoms with Gasteiger partial charge in [-0.05, 0) is 45.7 Å². The maximum absolute atomic E-state index is 5.95. The van der Waals surface area contributed by atoms with E-state index in [9.17, 15) is 0 Å². The molecule has 114 valence electrons. The second-order valence-corrected chi connectivity index (χ2v) is 5.58. The van der Waals surface area contributed by atoms with Gasteiger partial charge >= 0.3 is 0 Å². The summed E-state index contributed by atoms with van der Waals surface area (Å²) in [5.41, 5.74) is 4.19. The zero-order valence-electron chi connectivity index (χ0n) is 13.0. The predicted molar refractivity (Wildman–Crippen MR) is 79.9 cm³/mol. The van der Waals surface area contributed by atoms with E-state index in [-0.39, 0.29) is 11.6 Å². The monoisotopic (exact) mass is 280 g/mol. The molecule has 0 saturated carbocycles. The van der Waals surface area contributed by atoms with Gasteiger partial charge in [0.1, 0.15) is 0 Å². The highest BCUT2D eigenvalue weighted by Gasteiger charge is 2.43. The van der Waals surface area contributed by atoms with Crippen LogP contribution in [0.2, 0.25) is 0 Å². The third-order valence-electron chi connectivity index (χ3n) is 4.91. The maximum atomic E-state index is 5.95. The second kappa shape index (κ2) is 6.65. The first kappa shape index (κ1) is 15.4. The van der Waals surface area contributed by atoms with E-state index in [1.165, 1.54) is 12.8 Å². The van der Waals surface area contributed by atoms with Crippen molar-refractivity contribution < 1.29 is 0 Å². The molecule has 3 N–H and O–H groups in total. The van der Waals surface area contributed by atoms with Crippen LogP contribution < -0.4 is 11.3 Å². The SMILES string of the molecule is CCn1nncc1C(NN)C(CC)(CC)N1CCCC1. The number of nitrogens with two attached hydrogens (primary N) is 1. The topological polar surface area (TPSA) is 72.0 Å². The lowest BCUT2D eigenvalue weighted by atomic mass is 9.81. The fourth-order valence-electron chi connectivity index (χ4n) is 3.70. The number of nitrogens with one attached hydrogen (secondary N) is 1. The molecule has 20 heavy (non-hydrogen) atoms. The summed E-state index contributed by atoms with van der Waals surface area (Å²) in [6.07, 6.45) is 6.54. The molecule has 1 unspecified atom stereocenters. The highest BCUT2D eigenvalue weighted by Crippen LogP contribution is 2.38. The summed E-state index contributed by atoms with van der Waals surface area (Å²) in [5, 5.41) is 8.23. The standard InChI is InChI=1S/C14H28N6/c1-4-14(5-2,19-9-7-8-10-19)13(17-15)12-11-16-18-20(12)6-3/h11,13,17H,4-10,15H2,1-3H3. The first-order valence-corrected chi connectivity index (χ1v) is 7.83. The normalized spacial score (nSPS) is 18.6. The van der Waals surface area contributed by atoms with Crippen LogP contribution in [0, 0.1) is 0 Å². The molecule has 2 rings (SSSR count). The lowest BCUT2D eigenvalue weighted by Crippen LogP contribution is -2.57. The fraction of sp³-hybridized carbons (Fsp3) is 0.857. The first-order valence-electron chi connectivity index (χ1n) is 7.83. The second-order valence-electron chi connectivity index (χ2n) is 5.58. The van der Waals surface area contributed by atoms with Gasteiger partial charge in [-0.25, -0.2) is 10.1 Å². The van der Waals surface area contributed by atoms with E-state index in [4.69, 9.17) is 5.84 Å². The molecular formula is C14H28N6. The Morgan fingerprint density at radius 1 is 1.30 bits per heavy atom. The van der Waals surface area contributed by atoms with E-state index in [0.29, 0.717) is 0 Å². The van der Waals surface area contributed by atoms with Crippen LogP contribution in [0.1, 0.15) is 58.2 Å². The molecular weight excluding hydrogens is 252 g/mol. The third-order valence-corrected chi connectivity index (χ3v) is 4.91. The molecule has 0 bridgehead atoms. The minimum atomic E-state index is 0.0416. The average Bonchev–Trinajstić information content (AvgIpc) is 3.15. The van der Waals surface area contributed by atoms with E-state index >= 15 is 0 Å². The average molecular weight is 280 g/mol. The molecule has 1 atom stereocenters. The number of rotatable bonds is 7. The quantitative estimate of drug-likeness (QED) is 0.584. The number of hydrazine groups is 1. The van der Waals surface area contributed by atoms with Crippen LogP contribution >= 0.6 is 0 Å². The Labute approximate surface area is 121 Å². The van der Waals surface area contributed by atoms with Crippen LogP contribution in [0.25, 0.3) is 0 Å². The van der Waals surface area contributed by atoms with E-state index in [1.807, 2.05) is 10.9 Å². The molecule has 0 radical (unpaired) electrons. The minimum Gasteiger partial charge on any atom is -0.296 e. The minimum absolute atomic E-state index is 0.0416. The van der Waals surface area contributed by atoms with Crippen LogP contribution in [-0.2, 0) is 6.54 Å². The Morgan fingerprint density at radius 2 is 1.95 bits per heavy atom. The lowest BCUT2D eigenvalue weighted by molar-refractivity contribution is 0.0582. The van der Waals surface area contributed by atoms with Gasteiger partial charge in [0.05, 0.1) is 17.9 Å². The Hall–Kier alpha value is -0.980. The molecule has 0 amide bonds. The van der Waals surface area contributed by atoms with Gasteiger partial charge in [-0.15, -0.1) is 5.10 Å². The zero-order valence-corrected chi connectivity index (χ0v) is 13.0. The van der Waals surface area contributed by atoms with E-state index < -0.39 is 0 Å². The summed E-state index contributed by atoms with van der Waals surface area (Å²) >= 11 is 0. The largest absolute Gasteiger partial charge is 0.296 e. The van der Waals surface area contributed by atoms with Crippen molar-refractivity contribution in [2.45, 2.75) is 64.6 Å². The fourth-order valence-corrected chi connectivity index (χ4v) is 3.70. The molecule has 1 aliphatic heterocycles. The van der Waals surface area contributed by atoms with Crippen molar-refractivity contribution in [1.82, 2.24) is 25.3 Å². The molecule has 6 nitrogen and oxygen atoms in total. The van der Waals surface area contributed by atoms with Gasteiger partial charge in [-0.1, -0.05) is 19.1 Å². The van der Waals surface area contributed by atoms with Crippen LogP contribution in [0.3, 0.4) is 0 Å². The molecule has 0 aromatic carbocycles. The van der Waals surface area contributed by atoms with E-state index in [2.05, 4.69) is 41.4 Å². The summed E-state index contributed by atoms with van der Waals surface area (Å²) in [6.45, 7) is 9.73. The lowest BCUT2D eigenvalue weighted by Gasteiger charge is -2.46. The number of hydrogen-bond acceptors (Lipinski definition) is 5. The van der Waals surface area contributed by atoms with Crippen molar-refractivity contribution in [3.63, 3.8) is 0 Å². The summed E-state index contributed by atoms with van der Waals surface area (Å²) in [6, 6.07) is 0.0607. The predicted octanol–water partition coefficient (Wildman–Crippen LogP) is 1.46. The molecule has 1 aromatic heterocycles. The van der Waals surface area contributed by atoms with E-state index in [0.717, 1.165) is 38.2 Å². The molecule has 1 aliphatic rings. The van der Waals surface area contributed by atoms with Crippen LogP contribution in [0.15, 0.2) is 6.20 Å². The maximum Gasteiger partial charge on any atom is 0.0828 e. The summed E-state index contributed by atoms with van der Waals surface area (Å²) < 4.78 is 1.95. The Balaban J connectivity index is 2.39. The summed E-state index contributed by atoms with van der Waals surface area (Å²) in [5.74, 6) is 5.95. The number of nitrogens with zero attached hydrogens (tertiary/aromatic N) is 4. The number of likely N-dealkylation sites (tertiary alicyclic amines) is 1. The van der Waals surface area contributed by atoms with Crippen molar-refractivity contribution in [3.05, 3.63) is 11.9 Å². The van der Waals surface area contributed by atoms with Gasteiger partial charge in [-0.2, -0.15) is 0 Å². The van der Waals surface area contributed by atoms with Gasteiger partial charge < -0.3 is 0 Å². The molecule has 0 aliphatic carbocycles. The molecule has 1 saturated heterocycles. The van der Waals surface area contributed by atoms with Gasteiger partial charge in [0.25, 0.3) is 0 Å². The smallest absolute Gasteiger partial charge is 0.0828 e. The first-order chi connectivity index (χ1) is 9.73. The van der Waals surface area contributed by atoms with Gasteiger partial charge in [0, 0.05) is 12.1 Å². The highest BCUT2D eigenvalue weighted by atomic mass is 15.4. The van der Waals surface area contributed by atoms with Crippen molar-refractivity contribution in [2.75, 3.05) is 13.1 Å². The summed E-state index contributed by atoms with van der Waals surface area (Å²) in [7, 11) is 0. The molecule has 1 fully saturated rings. The van der Waals surface area contributed by atoms with Crippen LogP contribution in [-0.4, -0.2) is 38.5 Å². The summed E-state index contributed by atoms with van der Waals surface area (Å²) in [4.78, 5) is 2.60. The van der Waals surface area contributed by atoms with Crippen LogP contribution in [0.4, 0.5) is 0 Å². The van der Waals surface area contributed by atoms with Gasteiger partial charge in [0.2, 0.25) is 0 Å². The highest BCUT2D eigenvalue weighted by molar-refractivity contribution is 5.13.